The minimum atomic E-state index is 0.281. The molecule has 1 fully saturated rings. The van der Waals surface area contributed by atoms with Crippen molar-refractivity contribution >= 4 is 11.6 Å². The zero-order valence-electron chi connectivity index (χ0n) is 10.9. The van der Waals surface area contributed by atoms with E-state index in [1.54, 1.807) is 19.2 Å². The average Bonchev–Trinajstić information content (AvgIpc) is 2.35. The van der Waals surface area contributed by atoms with Gasteiger partial charge < -0.3 is 9.84 Å². The molecule has 0 saturated carbocycles. The normalized spacial score (nSPS) is 25.3. The maximum atomic E-state index is 9.87. The molecule has 1 aromatic carbocycles. The summed E-state index contributed by atoms with van der Waals surface area (Å²) in [6.07, 6.45) is 2.42. The highest BCUT2D eigenvalue weighted by molar-refractivity contribution is 6.31. The van der Waals surface area contributed by atoms with Crippen LogP contribution in [0.1, 0.15) is 25.3 Å². The lowest BCUT2D eigenvalue weighted by Crippen LogP contribution is -2.42. The summed E-state index contributed by atoms with van der Waals surface area (Å²) in [5.41, 5.74) is 0.821. The van der Waals surface area contributed by atoms with Crippen molar-refractivity contribution in [3.05, 3.63) is 28.8 Å². The Hall–Kier alpha value is -0.770. The van der Waals surface area contributed by atoms with E-state index in [9.17, 15) is 5.11 Å². The van der Waals surface area contributed by atoms with E-state index < -0.39 is 0 Å². The first-order chi connectivity index (χ1) is 8.61. The van der Waals surface area contributed by atoms with Crippen LogP contribution in [0, 0.1) is 0 Å². The molecule has 2 rings (SSSR count). The molecule has 2 unspecified atom stereocenters. The summed E-state index contributed by atoms with van der Waals surface area (Å²) in [7, 11) is 1.77. The molecule has 1 aliphatic heterocycles. The fourth-order valence-corrected chi connectivity index (χ4v) is 2.76. The van der Waals surface area contributed by atoms with Crippen LogP contribution in [0.2, 0.25) is 5.02 Å². The average molecular weight is 270 g/mol. The Morgan fingerprint density at radius 1 is 1.50 bits per heavy atom. The van der Waals surface area contributed by atoms with Crippen LogP contribution in [0.25, 0.3) is 0 Å². The molecule has 1 aromatic rings. The highest BCUT2D eigenvalue weighted by atomic mass is 35.5. The number of phenols is 1. The first kappa shape index (κ1) is 13.7. The minimum absolute atomic E-state index is 0.281. The SMILES string of the molecule is COC1CCN(Cc2c(O)cccc2Cl)C(C)C1. The van der Waals surface area contributed by atoms with Crippen molar-refractivity contribution in [1.29, 1.82) is 0 Å². The van der Waals surface area contributed by atoms with Crippen LogP contribution < -0.4 is 0 Å². The summed E-state index contributed by atoms with van der Waals surface area (Å²) in [5.74, 6) is 0.281. The van der Waals surface area contributed by atoms with Crippen molar-refractivity contribution in [2.45, 2.75) is 38.5 Å². The molecule has 1 N–H and O–H groups in total. The number of hydrogen-bond acceptors (Lipinski definition) is 3. The second-order valence-electron chi connectivity index (χ2n) is 4.94. The van der Waals surface area contributed by atoms with Gasteiger partial charge in [0.15, 0.2) is 0 Å². The van der Waals surface area contributed by atoms with Crippen LogP contribution >= 0.6 is 11.6 Å². The summed E-state index contributed by atoms with van der Waals surface area (Å²) in [5, 5.41) is 10.5. The van der Waals surface area contributed by atoms with Crippen molar-refractivity contribution in [2.24, 2.45) is 0 Å². The van der Waals surface area contributed by atoms with Crippen LogP contribution in [0.5, 0.6) is 5.75 Å². The molecule has 1 heterocycles. The smallest absolute Gasteiger partial charge is 0.121 e. The number of likely N-dealkylation sites (tertiary alicyclic amines) is 1. The standard InChI is InChI=1S/C14H20ClNO2/c1-10-8-11(18-2)6-7-16(10)9-12-13(15)4-3-5-14(12)17/h3-5,10-11,17H,6-9H2,1-2H3. The van der Waals surface area contributed by atoms with Crippen molar-refractivity contribution < 1.29 is 9.84 Å². The van der Waals surface area contributed by atoms with Gasteiger partial charge in [0.05, 0.1) is 6.10 Å². The second-order valence-corrected chi connectivity index (χ2v) is 5.35. The number of nitrogens with zero attached hydrogens (tertiary/aromatic N) is 1. The van der Waals surface area contributed by atoms with Crippen molar-refractivity contribution in [1.82, 2.24) is 4.90 Å². The lowest BCUT2D eigenvalue weighted by atomic mass is 9.99. The maximum Gasteiger partial charge on any atom is 0.121 e. The Kier molecular flexibility index (Phi) is 4.49. The summed E-state index contributed by atoms with van der Waals surface area (Å²) in [6.45, 7) is 3.87. The quantitative estimate of drug-likeness (QED) is 0.916. The third kappa shape index (κ3) is 2.97. The zero-order chi connectivity index (χ0) is 13.1. The summed E-state index contributed by atoms with van der Waals surface area (Å²) >= 11 is 6.14. The largest absolute Gasteiger partial charge is 0.508 e. The van der Waals surface area contributed by atoms with E-state index in [0.29, 0.717) is 23.7 Å². The number of halogens is 1. The van der Waals surface area contributed by atoms with Gasteiger partial charge in [0.25, 0.3) is 0 Å². The molecule has 0 aromatic heterocycles. The number of rotatable bonds is 3. The lowest BCUT2D eigenvalue weighted by molar-refractivity contribution is 0.0128. The molecular weight excluding hydrogens is 250 g/mol. The molecular formula is C14H20ClNO2. The topological polar surface area (TPSA) is 32.7 Å². The number of aromatic hydroxyl groups is 1. The third-order valence-electron chi connectivity index (χ3n) is 3.75. The van der Waals surface area contributed by atoms with Crippen LogP contribution in [-0.2, 0) is 11.3 Å². The first-order valence-electron chi connectivity index (χ1n) is 6.35. The van der Waals surface area contributed by atoms with Gasteiger partial charge in [-0.2, -0.15) is 0 Å². The van der Waals surface area contributed by atoms with Gasteiger partial charge >= 0.3 is 0 Å². The molecule has 0 amide bonds. The summed E-state index contributed by atoms with van der Waals surface area (Å²) in [4.78, 5) is 2.34. The van der Waals surface area contributed by atoms with Crippen LogP contribution in [0.15, 0.2) is 18.2 Å². The van der Waals surface area contributed by atoms with E-state index in [-0.39, 0.29) is 5.75 Å². The van der Waals surface area contributed by atoms with E-state index in [0.717, 1.165) is 24.9 Å². The van der Waals surface area contributed by atoms with Crippen LogP contribution in [-0.4, -0.2) is 35.8 Å². The van der Waals surface area contributed by atoms with E-state index >= 15 is 0 Å². The number of methoxy groups -OCH3 is 1. The van der Waals surface area contributed by atoms with Crippen LogP contribution in [0.4, 0.5) is 0 Å². The van der Waals surface area contributed by atoms with Gasteiger partial charge in [0.2, 0.25) is 0 Å². The number of benzene rings is 1. The third-order valence-corrected chi connectivity index (χ3v) is 4.11. The van der Waals surface area contributed by atoms with E-state index in [4.69, 9.17) is 16.3 Å². The number of phenolic OH excluding ortho intramolecular Hbond substituents is 1. The Bertz CT molecular complexity index is 391. The van der Waals surface area contributed by atoms with E-state index in [1.165, 1.54) is 0 Å². The molecule has 3 nitrogen and oxygen atoms in total. The Morgan fingerprint density at radius 2 is 2.28 bits per heavy atom. The van der Waals surface area contributed by atoms with Gasteiger partial charge in [0, 0.05) is 36.8 Å². The Balaban J connectivity index is 2.06. The first-order valence-corrected chi connectivity index (χ1v) is 6.72. The lowest BCUT2D eigenvalue weighted by Gasteiger charge is -2.37. The van der Waals surface area contributed by atoms with Crippen LogP contribution in [0.3, 0.4) is 0 Å². The van der Waals surface area contributed by atoms with E-state index in [1.807, 2.05) is 6.07 Å². The number of piperidine rings is 1. The molecule has 0 radical (unpaired) electrons. The fourth-order valence-electron chi connectivity index (χ4n) is 2.53. The van der Waals surface area contributed by atoms with Crippen molar-refractivity contribution in [3.8, 4) is 5.75 Å². The highest BCUT2D eigenvalue weighted by Gasteiger charge is 2.26. The number of hydrogen-bond donors (Lipinski definition) is 1. The molecule has 1 saturated heterocycles. The maximum absolute atomic E-state index is 9.87. The highest BCUT2D eigenvalue weighted by Crippen LogP contribution is 2.29. The van der Waals surface area contributed by atoms with Crippen molar-refractivity contribution in [3.63, 3.8) is 0 Å². The molecule has 0 aliphatic carbocycles. The molecule has 0 bridgehead atoms. The van der Waals surface area contributed by atoms with Gasteiger partial charge in [-0.25, -0.2) is 0 Å². The molecule has 4 heteroatoms. The number of ether oxygens (including phenoxy) is 1. The molecule has 2 atom stereocenters. The predicted octanol–water partition coefficient (Wildman–Crippen LogP) is 3.04. The fraction of sp³-hybridized carbons (Fsp3) is 0.571. The van der Waals surface area contributed by atoms with Gasteiger partial charge in [-0.3, -0.25) is 4.90 Å². The minimum Gasteiger partial charge on any atom is -0.508 e. The summed E-state index contributed by atoms with van der Waals surface area (Å²) in [6, 6.07) is 5.72. The van der Waals surface area contributed by atoms with Gasteiger partial charge in [-0.05, 0) is 31.9 Å². The second kappa shape index (κ2) is 5.91. The molecule has 18 heavy (non-hydrogen) atoms. The molecule has 1 aliphatic rings. The van der Waals surface area contributed by atoms with Gasteiger partial charge in [-0.1, -0.05) is 17.7 Å². The molecule has 0 spiro atoms. The predicted molar refractivity (Wildman–Crippen MR) is 73.0 cm³/mol. The van der Waals surface area contributed by atoms with Gasteiger partial charge in [0.1, 0.15) is 5.75 Å². The monoisotopic (exact) mass is 269 g/mol. The van der Waals surface area contributed by atoms with Crippen molar-refractivity contribution in [2.75, 3.05) is 13.7 Å². The van der Waals surface area contributed by atoms with Gasteiger partial charge in [-0.15, -0.1) is 0 Å². The zero-order valence-corrected chi connectivity index (χ0v) is 11.7. The Morgan fingerprint density at radius 3 is 2.89 bits per heavy atom. The molecule has 100 valence electrons. The van der Waals surface area contributed by atoms with E-state index in [2.05, 4.69) is 11.8 Å². The summed E-state index contributed by atoms with van der Waals surface area (Å²) < 4.78 is 5.41. The Labute approximate surface area is 113 Å².